The van der Waals surface area contributed by atoms with Crippen LogP contribution in [0.5, 0.6) is 5.75 Å². The lowest BCUT2D eigenvalue weighted by Crippen LogP contribution is -2.29. The predicted molar refractivity (Wildman–Crippen MR) is 134 cm³/mol. The molecule has 1 aliphatic heterocycles. The summed E-state index contributed by atoms with van der Waals surface area (Å²) in [6, 6.07) is 20.4. The van der Waals surface area contributed by atoms with Crippen molar-refractivity contribution in [1.82, 2.24) is 0 Å². The summed E-state index contributed by atoms with van der Waals surface area (Å²) < 4.78 is 5.33. The second kappa shape index (κ2) is 8.99. The first kappa shape index (κ1) is 23.6. The number of aliphatic hydroxyl groups is 1. The zero-order valence-electron chi connectivity index (χ0n) is 19.5. The Balaban J connectivity index is 1.93. The summed E-state index contributed by atoms with van der Waals surface area (Å²) in [5.74, 6) is -1.15. The van der Waals surface area contributed by atoms with Crippen molar-refractivity contribution >= 4 is 34.7 Å². The number of carbonyl (C=O) groups is 2. The second-order valence-electron chi connectivity index (χ2n) is 9.25. The number of rotatable bonds is 4. The molecule has 0 aliphatic carbocycles. The van der Waals surface area contributed by atoms with E-state index in [1.54, 1.807) is 48.5 Å². The van der Waals surface area contributed by atoms with Gasteiger partial charge in [-0.2, -0.15) is 0 Å². The Kier molecular flexibility index (Phi) is 6.24. The molecule has 0 saturated carbocycles. The molecule has 1 atom stereocenters. The van der Waals surface area contributed by atoms with Crippen LogP contribution in [0.4, 0.5) is 5.69 Å². The van der Waals surface area contributed by atoms with Gasteiger partial charge in [0.1, 0.15) is 11.5 Å². The Labute approximate surface area is 204 Å². The maximum atomic E-state index is 13.3. The van der Waals surface area contributed by atoms with E-state index in [0.29, 0.717) is 27.6 Å². The first-order chi connectivity index (χ1) is 16.1. The third-order valence-electron chi connectivity index (χ3n) is 5.99. The van der Waals surface area contributed by atoms with Crippen LogP contribution in [0.15, 0.2) is 78.4 Å². The Morgan fingerprint density at radius 1 is 0.971 bits per heavy atom. The monoisotopic (exact) mass is 475 g/mol. The van der Waals surface area contributed by atoms with Gasteiger partial charge in [-0.3, -0.25) is 14.5 Å². The number of anilines is 1. The molecule has 1 aliphatic rings. The van der Waals surface area contributed by atoms with Gasteiger partial charge in [0.25, 0.3) is 11.7 Å². The summed E-state index contributed by atoms with van der Waals surface area (Å²) in [4.78, 5) is 28.0. The van der Waals surface area contributed by atoms with E-state index in [0.717, 1.165) is 5.56 Å². The lowest BCUT2D eigenvalue weighted by Gasteiger charge is -2.27. The molecule has 0 radical (unpaired) electrons. The normalized spacial score (nSPS) is 17.8. The van der Waals surface area contributed by atoms with E-state index >= 15 is 0 Å². The van der Waals surface area contributed by atoms with Crippen molar-refractivity contribution < 1.29 is 19.4 Å². The van der Waals surface area contributed by atoms with Gasteiger partial charge in [-0.1, -0.05) is 62.7 Å². The highest BCUT2D eigenvalue weighted by Crippen LogP contribution is 2.43. The van der Waals surface area contributed by atoms with E-state index in [1.807, 2.05) is 24.3 Å². The first-order valence-corrected chi connectivity index (χ1v) is 11.3. The van der Waals surface area contributed by atoms with Crippen LogP contribution in [0, 0.1) is 0 Å². The molecule has 1 unspecified atom stereocenters. The molecule has 0 spiro atoms. The molecule has 0 aromatic heterocycles. The molecule has 1 amide bonds. The Hall–Kier alpha value is -3.57. The van der Waals surface area contributed by atoms with Gasteiger partial charge >= 0.3 is 0 Å². The summed E-state index contributed by atoms with van der Waals surface area (Å²) in [5.41, 5.74) is 2.71. The SMILES string of the molecule is COc1cccc(N2C(=O)C(=O)/C(=C(/O)c3ccc(Cl)cc3)C2c2ccc(C(C)(C)C)cc2)c1. The number of hydrogen-bond acceptors (Lipinski definition) is 4. The third kappa shape index (κ3) is 4.31. The molecule has 3 aromatic carbocycles. The topological polar surface area (TPSA) is 66.8 Å². The average Bonchev–Trinajstić information content (AvgIpc) is 3.09. The minimum absolute atomic E-state index is 0.0265. The summed E-state index contributed by atoms with van der Waals surface area (Å²) in [7, 11) is 1.54. The van der Waals surface area contributed by atoms with Gasteiger partial charge in [-0.05, 0) is 52.9 Å². The lowest BCUT2D eigenvalue weighted by atomic mass is 9.85. The summed E-state index contributed by atoms with van der Waals surface area (Å²) >= 11 is 6.00. The highest BCUT2D eigenvalue weighted by Gasteiger charge is 2.47. The minimum atomic E-state index is -0.809. The van der Waals surface area contributed by atoms with Crippen molar-refractivity contribution in [2.45, 2.75) is 32.2 Å². The first-order valence-electron chi connectivity index (χ1n) is 10.9. The van der Waals surface area contributed by atoms with Gasteiger partial charge in [0.15, 0.2) is 0 Å². The number of hydrogen-bond donors (Lipinski definition) is 1. The van der Waals surface area contributed by atoms with Crippen molar-refractivity contribution in [3.8, 4) is 5.75 Å². The molecule has 4 rings (SSSR count). The maximum Gasteiger partial charge on any atom is 0.300 e. The summed E-state index contributed by atoms with van der Waals surface area (Å²) in [6.07, 6.45) is 0. The van der Waals surface area contributed by atoms with Gasteiger partial charge in [0.2, 0.25) is 0 Å². The molecule has 1 heterocycles. The number of nitrogens with zero attached hydrogens (tertiary/aromatic N) is 1. The fraction of sp³-hybridized carbons (Fsp3) is 0.214. The molecular weight excluding hydrogens is 450 g/mol. The number of ether oxygens (including phenoxy) is 1. The maximum absolute atomic E-state index is 13.3. The molecule has 1 N–H and O–H groups in total. The van der Waals surface area contributed by atoms with Gasteiger partial charge < -0.3 is 9.84 Å². The number of amides is 1. The number of benzene rings is 3. The molecule has 34 heavy (non-hydrogen) atoms. The van der Waals surface area contributed by atoms with Gasteiger partial charge in [0.05, 0.1) is 18.7 Å². The van der Waals surface area contributed by atoms with Crippen LogP contribution < -0.4 is 9.64 Å². The lowest BCUT2D eigenvalue weighted by molar-refractivity contribution is -0.132. The largest absolute Gasteiger partial charge is 0.507 e. The molecule has 3 aromatic rings. The molecular formula is C28H26ClNO4. The van der Waals surface area contributed by atoms with Gasteiger partial charge in [0, 0.05) is 22.3 Å². The molecule has 1 saturated heterocycles. The zero-order chi connectivity index (χ0) is 24.6. The van der Waals surface area contributed by atoms with Crippen molar-refractivity contribution in [1.29, 1.82) is 0 Å². The quantitative estimate of drug-likeness (QED) is 0.274. The number of methoxy groups -OCH3 is 1. The minimum Gasteiger partial charge on any atom is -0.507 e. The Bertz CT molecular complexity index is 1270. The van der Waals surface area contributed by atoms with Crippen LogP contribution in [-0.2, 0) is 15.0 Å². The smallest absolute Gasteiger partial charge is 0.300 e. The van der Waals surface area contributed by atoms with Crippen molar-refractivity contribution in [3.63, 3.8) is 0 Å². The van der Waals surface area contributed by atoms with E-state index in [4.69, 9.17) is 16.3 Å². The number of carbonyl (C=O) groups excluding carboxylic acids is 2. The van der Waals surface area contributed by atoms with Crippen molar-refractivity contribution in [3.05, 3.63) is 100 Å². The summed E-state index contributed by atoms with van der Waals surface area (Å²) in [5, 5.41) is 11.7. The van der Waals surface area contributed by atoms with E-state index in [9.17, 15) is 14.7 Å². The highest BCUT2D eigenvalue weighted by atomic mass is 35.5. The van der Waals surface area contributed by atoms with E-state index in [2.05, 4.69) is 20.8 Å². The molecule has 6 heteroatoms. The Morgan fingerprint density at radius 3 is 2.21 bits per heavy atom. The predicted octanol–water partition coefficient (Wildman–Crippen LogP) is 6.27. The van der Waals surface area contributed by atoms with Gasteiger partial charge in [-0.25, -0.2) is 0 Å². The van der Waals surface area contributed by atoms with Crippen LogP contribution in [0.3, 0.4) is 0 Å². The van der Waals surface area contributed by atoms with E-state index in [1.165, 1.54) is 12.0 Å². The Morgan fingerprint density at radius 2 is 1.62 bits per heavy atom. The molecule has 1 fully saturated rings. The van der Waals surface area contributed by atoms with Crippen molar-refractivity contribution in [2.24, 2.45) is 0 Å². The highest BCUT2D eigenvalue weighted by molar-refractivity contribution is 6.51. The second-order valence-corrected chi connectivity index (χ2v) is 9.69. The van der Waals surface area contributed by atoms with Crippen LogP contribution in [0.2, 0.25) is 5.02 Å². The van der Waals surface area contributed by atoms with Gasteiger partial charge in [-0.15, -0.1) is 0 Å². The average molecular weight is 476 g/mol. The number of halogens is 1. The van der Waals surface area contributed by atoms with E-state index < -0.39 is 17.7 Å². The fourth-order valence-corrected chi connectivity index (χ4v) is 4.23. The number of ketones is 1. The number of aliphatic hydroxyl groups excluding tert-OH is 1. The zero-order valence-corrected chi connectivity index (χ0v) is 20.3. The van der Waals surface area contributed by atoms with Crippen LogP contribution >= 0.6 is 11.6 Å². The number of Topliss-reactive ketones (excluding diaryl/α,β-unsaturated/α-hetero) is 1. The summed E-state index contributed by atoms with van der Waals surface area (Å²) in [6.45, 7) is 6.35. The standard InChI is InChI=1S/C28H26ClNO4/c1-28(2,3)19-12-8-17(9-13-19)24-23(25(31)18-10-14-20(29)15-11-18)26(32)27(33)30(24)21-6-5-7-22(16-21)34-4/h5-16,24,31H,1-4H3/b25-23+. The van der Waals surface area contributed by atoms with Crippen LogP contribution in [0.1, 0.15) is 43.5 Å². The third-order valence-corrected chi connectivity index (χ3v) is 6.24. The van der Waals surface area contributed by atoms with Crippen LogP contribution in [-0.4, -0.2) is 23.9 Å². The van der Waals surface area contributed by atoms with Crippen molar-refractivity contribution in [2.75, 3.05) is 12.0 Å². The van der Waals surface area contributed by atoms with Crippen LogP contribution in [0.25, 0.3) is 5.76 Å². The fourth-order valence-electron chi connectivity index (χ4n) is 4.10. The molecule has 5 nitrogen and oxygen atoms in total. The van der Waals surface area contributed by atoms with E-state index in [-0.39, 0.29) is 16.7 Å². The molecule has 174 valence electrons. The molecule has 0 bridgehead atoms.